The van der Waals surface area contributed by atoms with E-state index in [4.69, 9.17) is 27.1 Å². The van der Waals surface area contributed by atoms with Crippen molar-refractivity contribution in [1.82, 2.24) is 0 Å². The van der Waals surface area contributed by atoms with Crippen molar-refractivity contribution in [3.63, 3.8) is 0 Å². The Hall–Kier alpha value is -1.26. The van der Waals surface area contributed by atoms with Crippen molar-refractivity contribution in [2.75, 3.05) is 26.4 Å². The van der Waals surface area contributed by atoms with Gasteiger partial charge in [0.15, 0.2) is 0 Å². The Balaban J connectivity index is 1.09. The summed E-state index contributed by atoms with van der Waals surface area (Å²) in [5.74, 6) is 1.56. The number of hydrogen-bond donors (Lipinski definition) is 0. The van der Waals surface area contributed by atoms with Crippen LogP contribution in [0.2, 0.25) is 0 Å². The molecule has 2 heterocycles. The fraction of sp³-hybridized carbons (Fsp3) is 0.636. The smallest absolute Gasteiger partial charge is 0.397 e. The number of hydrogen-bond acceptors (Lipinski definition) is 6. The molecule has 0 aromatic heterocycles. The van der Waals surface area contributed by atoms with Crippen molar-refractivity contribution in [2.24, 2.45) is 5.41 Å². The van der Waals surface area contributed by atoms with Gasteiger partial charge >= 0.3 is 17.2 Å². The molecule has 0 aliphatic carbocycles. The monoisotopic (exact) mass is 604 g/mol. The highest BCUT2D eigenvalue weighted by atomic mass is 31.2. The summed E-state index contributed by atoms with van der Waals surface area (Å²) < 4.78 is 35.9. The van der Waals surface area contributed by atoms with Crippen LogP contribution < -0.4 is 9.05 Å². The highest BCUT2D eigenvalue weighted by Crippen LogP contribution is 2.53. The average Bonchev–Trinajstić information content (AvgIpc) is 3.01. The van der Waals surface area contributed by atoms with Gasteiger partial charge in [-0.3, -0.25) is 0 Å². The van der Waals surface area contributed by atoms with E-state index in [-0.39, 0.29) is 5.41 Å². The van der Waals surface area contributed by atoms with Crippen LogP contribution in [0.3, 0.4) is 0 Å². The third kappa shape index (κ3) is 11.7. The van der Waals surface area contributed by atoms with Gasteiger partial charge in [-0.05, 0) is 61.1 Å². The molecule has 0 atom stereocenters. The first-order valence-electron chi connectivity index (χ1n) is 15.8. The van der Waals surface area contributed by atoms with Crippen LogP contribution in [-0.2, 0) is 30.9 Å². The zero-order valence-electron chi connectivity index (χ0n) is 25.2. The minimum absolute atomic E-state index is 0.327. The maximum absolute atomic E-state index is 5.99. The molecule has 4 rings (SSSR count). The largest absolute Gasteiger partial charge is 0.427 e. The molecule has 2 saturated heterocycles. The molecule has 0 saturated carbocycles. The van der Waals surface area contributed by atoms with Crippen LogP contribution in [-0.4, -0.2) is 26.4 Å². The number of benzene rings is 2. The highest BCUT2D eigenvalue weighted by Gasteiger charge is 2.44. The van der Waals surface area contributed by atoms with Crippen LogP contribution in [0, 0.1) is 5.41 Å². The van der Waals surface area contributed by atoms with Gasteiger partial charge < -0.3 is 27.1 Å². The fourth-order valence-corrected chi connectivity index (χ4v) is 7.48. The summed E-state index contributed by atoms with van der Waals surface area (Å²) in [4.78, 5) is 0. The average molecular weight is 605 g/mol. The number of unbranched alkanes of at least 4 members (excludes halogenated alkanes) is 10. The van der Waals surface area contributed by atoms with Crippen LogP contribution in [0.5, 0.6) is 11.5 Å². The van der Waals surface area contributed by atoms with Crippen LogP contribution in [0.1, 0.15) is 102 Å². The summed E-state index contributed by atoms with van der Waals surface area (Å²) in [6.07, 6.45) is 18.0. The standard InChI is InChI=1S/C33H50O6P2/c1-3-5-7-9-11-13-15-29-17-21-31(22-18-29)38-40-34-25-33(26-35-40)27-36-41(37-28-33)39-32-23-19-30(20-24-32)16-14-12-10-8-6-4-2/h17-24H,3-16,25-28H2,1-2H3. The van der Waals surface area contributed by atoms with Gasteiger partial charge in [-0.15, -0.1) is 0 Å². The van der Waals surface area contributed by atoms with E-state index >= 15 is 0 Å². The summed E-state index contributed by atoms with van der Waals surface area (Å²) in [5.41, 5.74) is 2.38. The predicted molar refractivity (Wildman–Crippen MR) is 168 cm³/mol. The van der Waals surface area contributed by atoms with Gasteiger partial charge in [0.25, 0.3) is 0 Å². The molecule has 0 unspecified atom stereocenters. The lowest BCUT2D eigenvalue weighted by atomic mass is 9.93. The first-order chi connectivity index (χ1) is 20.2. The van der Waals surface area contributed by atoms with Gasteiger partial charge in [-0.2, -0.15) is 0 Å². The molecule has 41 heavy (non-hydrogen) atoms. The Bertz CT molecular complexity index is 872. The maximum atomic E-state index is 5.99. The lowest BCUT2D eigenvalue weighted by Crippen LogP contribution is -2.45. The molecule has 8 heteroatoms. The summed E-state index contributed by atoms with van der Waals surface area (Å²) in [5, 5.41) is 0. The van der Waals surface area contributed by atoms with Crippen LogP contribution in [0.4, 0.5) is 0 Å². The van der Waals surface area contributed by atoms with Crippen molar-refractivity contribution in [3.8, 4) is 11.5 Å². The second kappa shape index (κ2) is 18.4. The van der Waals surface area contributed by atoms with E-state index in [2.05, 4.69) is 38.1 Å². The molecule has 2 aromatic rings. The van der Waals surface area contributed by atoms with Gasteiger partial charge in [0.1, 0.15) is 11.5 Å². The topological polar surface area (TPSA) is 55.4 Å². The molecule has 1 spiro atoms. The third-order valence-electron chi connectivity index (χ3n) is 7.75. The summed E-state index contributed by atoms with van der Waals surface area (Å²) >= 11 is 0. The summed E-state index contributed by atoms with van der Waals surface area (Å²) in [7, 11) is -2.86. The highest BCUT2D eigenvalue weighted by molar-refractivity contribution is 7.42. The van der Waals surface area contributed by atoms with Crippen LogP contribution >= 0.6 is 17.2 Å². The van der Waals surface area contributed by atoms with Gasteiger partial charge in [0.05, 0.1) is 31.8 Å². The third-order valence-corrected chi connectivity index (χ3v) is 9.83. The molecule has 2 aliphatic rings. The lowest BCUT2D eigenvalue weighted by Gasteiger charge is -2.41. The Morgan fingerprint density at radius 3 is 1.22 bits per heavy atom. The van der Waals surface area contributed by atoms with E-state index in [1.165, 1.54) is 88.2 Å². The number of rotatable bonds is 18. The van der Waals surface area contributed by atoms with E-state index in [0.717, 1.165) is 24.3 Å². The fourth-order valence-electron chi connectivity index (χ4n) is 5.01. The SMILES string of the molecule is CCCCCCCCc1ccc(OP2OCC3(CO2)COP(Oc2ccc(CCCCCCCC)cc2)OC3)cc1. The van der Waals surface area contributed by atoms with Gasteiger partial charge in [0.2, 0.25) is 0 Å². The summed E-state index contributed by atoms with van der Waals surface area (Å²) in [6, 6.07) is 16.7. The molecule has 0 bridgehead atoms. The van der Waals surface area contributed by atoms with Gasteiger partial charge in [0, 0.05) is 0 Å². The Labute approximate surface area is 250 Å². The van der Waals surface area contributed by atoms with Crippen molar-refractivity contribution in [1.29, 1.82) is 0 Å². The molecule has 0 amide bonds. The van der Waals surface area contributed by atoms with Crippen LogP contribution in [0.15, 0.2) is 48.5 Å². The molecule has 2 fully saturated rings. The van der Waals surface area contributed by atoms with Crippen molar-refractivity contribution < 1.29 is 27.1 Å². The van der Waals surface area contributed by atoms with E-state index in [9.17, 15) is 0 Å². The van der Waals surface area contributed by atoms with Gasteiger partial charge in [-0.25, -0.2) is 0 Å². The zero-order valence-corrected chi connectivity index (χ0v) is 27.0. The molecule has 2 aliphatic heterocycles. The molecule has 6 nitrogen and oxygen atoms in total. The van der Waals surface area contributed by atoms with E-state index in [1.54, 1.807) is 0 Å². The van der Waals surface area contributed by atoms with E-state index < -0.39 is 17.2 Å². The van der Waals surface area contributed by atoms with Crippen LogP contribution in [0.25, 0.3) is 0 Å². The van der Waals surface area contributed by atoms with Crippen molar-refractivity contribution in [2.45, 2.75) is 104 Å². The van der Waals surface area contributed by atoms with Crippen molar-refractivity contribution >= 4 is 17.2 Å². The second-order valence-electron chi connectivity index (χ2n) is 11.5. The van der Waals surface area contributed by atoms with E-state index in [1.807, 2.05) is 24.3 Å². The Morgan fingerprint density at radius 2 is 0.854 bits per heavy atom. The normalized spacial score (nSPS) is 22.6. The lowest BCUT2D eigenvalue weighted by molar-refractivity contribution is -0.0672. The Morgan fingerprint density at radius 1 is 0.512 bits per heavy atom. The molecular weight excluding hydrogens is 554 g/mol. The molecule has 228 valence electrons. The predicted octanol–water partition coefficient (Wildman–Crippen LogP) is 10.5. The van der Waals surface area contributed by atoms with Gasteiger partial charge in [-0.1, -0.05) is 102 Å². The maximum Gasteiger partial charge on any atom is 0.397 e. The quantitative estimate of drug-likeness (QED) is 0.125. The minimum atomic E-state index is -1.43. The minimum Gasteiger partial charge on any atom is -0.427 e. The van der Waals surface area contributed by atoms with Crippen molar-refractivity contribution in [3.05, 3.63) is 59.7 Å². The molecule has 2 aromatic carbocycles. The second-order valence-corrected chi connectivity index (χ2v) is 13.8. The first-order valence-corrected chi connectivity index (χ1v) is 18.0. The summed E-state index contributed by atoms with van der Waals surface area (Å²) in [6.45, 7) is 6.43. The molecular formula is C33H50O6P2. The van der Waals surface area contributed by atoms with E-state index in [0.29, 0.717) is 26.4 Å². The molecule has 0 N–H and O–H groups in total. The Kier molecular flexibility index (Phi) is 14.7. The first kappa shape index (κ1) is 32.6. The molecule has 0 radical (unpaired) electrons. The zero-order chi connectivity index (χ0) is 28.6. The number of aryl methyl sites for hydroxylation is 2.